The van der Waals surface area contributed by atoms with Crippen molar-refractivity contribution in [3.63, 3.8) is 0 Å². The third-order valence-corrected chi connectivity index (χ3v) is 5.62. The molecule has 0 aromatic heterocycles. The molecule has 1 amide bonds. The SMILES string of the molecule is CCOC(=O)[C@@H]1CN(C(=O)CCc2ccccc2)[C@H]2c3ccc(OC)cc3O[C@@H]12. The molecule has 2 aliphatic rings. The summed E-state index contributed by atoms with van der Waals surface area (Å²) in [5.74, 6) is 0.537. The Morgan fingerprint density at radius 3 is 2.69 bits per heavy atom. The van der Waals surface area contributed by atoms with E-state index in [1.54, 1.807) is 18.9 Å². The molecule has 0 aliphatic carbocycles. The molecule has 2 aliphatic heterocycles. The molecule has 1 fully saturated rings. The van der Waals surface area contributed by atoms with Crippen molar-refractivity contribution >= 4 is 11.9 Å². The molecule has 29 heavy (non-hydrogen) atoms. The van der Waals surface area contributed by atoms with Crippen LogP contribution in [0.4, 0.5) is 0 Å². The van der Waals surface area contributed by atoms with Gasteiger partial charge in [-0.15, -0.1) is 0 Å². The number of fused-ring (bicyclic) bond motifs is 3. The molecule has 0 N–H and O–H groups in total. The van der Waals surface area contributed by atoms with Gasteiger partial charge < -0.3 is 19.1 Å². The fourth-order valence-corrected chi connectivity index (χ4v) is 4.21. The van der Waals surface area contributed by atoms with Gasteiger partial charge in [0, 0.05) is 24.6 Å². The van der Waals surface area contributed by atoms with Crippen LogP contribution in [-0.4, -0.2) is 43.1 Å². The normalized spacial score (nSPS) is 21.9. The van der Waals surface area contributed by atoms with Crippen molar-refractivity contribution in [1.29, 1.82) is 0 Å². The number of amides is 1. The molecule has 2 heterocycles. The fraction of sp³-hybridized carbons (Fsp3) is 0.391. The summed E-state index contributed by atoms with van der Waals surface area (Å²) in [6.07, 6.45) is 0.610. The molecule has 3 atom stereocenters. The highest BCUT2D eigenvalue weighted by Gasteiger charge is 2.54. The molecule has 0 radical (unpaired) electrons. The van der Waals surface area contributed by atoms with E-state index in [-0.39, 0.29) is 17.9 Å². The highest BCUT2D eigenvalue weighted by Crippen LogP contribution is 2.49. The van der Waals surface area contributed by atoms with Crippen molar-refractivity contribution < 1.29 is 23.8 Å². The topological polar surface area (TPSA) is 65.1 Å². The molecule has 152 valence electrons. The van der Waals surface area contributed by atoms with Crippen LogP contribution in [-0.2, 0) is 20.7 Å². The maximum absolute atomic E-state index is 13.1. The highest BCUT2D eigenvalue weighted by atomic mass is 16.5. The van der Waals surface area contributed by atoms with E-state index in [2.05, 4.69) is 0 Å². The van der Waals surface area contributed by atoms with Crippen LogP contribution in [0.2, 0.25) is 0 Å². The Morgan fingerprint density at radius 2 is 1.97 bits per heavy atom. The summed E-state index contributed by atoms with van der Waals surface area (Å²) < 4.78 is 16.7. The number of carbonyl (C=O) groups excluding carboxylic acids is 2. The van der Waals surface area contributed by atoms with Gasteiger partial charge in [-0.2, -0.15) is 0 Å². The first-order valence-electron chi connectivity index (χ1n) is 9.97. The van der Waals surface area contributed by atoms with Crippen molar-refractivity contribution in [2.75, 3.05) is 20.3 Å². The predicted octanol–water partition coefficient (Wildman–Crippen LogP) is 3.15. The van der Waals surface area contributed by atoms with Crippen molar-refractivity contribution in [1.82, 2.24) is 4.90 Å². The average Bonchev–Trinajstić information content (AvgIpc) is 3.29. The molecule has 0 saturated carbocycles. The Balaban J connectivity index is 1.58. The molecular weight excluding hydrogens is 370 g/mol. The number of carbonyl (C=O) groups is 2. The molecule has 0 spiro atoms. The monoisotopic (exact) mass is 395 g/mol. The fourth-order valence-electron chi connectivity index (χ4n) is 4.21. The van der Waals surface area contributed by atoms with Crippen LogP contribution in [0.3, 0.4) is 0 Å². The second kappa shape index (κ2) is 8.15. The van der Waals surface area contributed by atoms with Gasteiger partial charge in [0.2, 0.25) is 5.91 Å². The predicted molar refractivity (Wildman–Crippen MR) is 107 cm³/mol. The standard InChI is InChI=1S/C23H25NO5/c1-3-28-23(26)18-14-24(20(25)12-9-15-7-5-4-6-8-15)21-17-11-10-16(27-2)13-19(17)29-22(18)21/h4-8,10-11,13,18,21-22H,3,9,12,14H2,1-2H3/t18-,21+,22+/m1/s1. The van der Waals surface area contributed by atoms with Crippen molar-refractivity contribution in [2.45, 2.75) is 31.9 Å². The maximum Gasteiger partial charge on any atom is 0.314 e. The summed E-state index contributed by atoms with van der Waals surface area (Å²) in [6, 6.07) is 15.2. The van der Waals surface area contributed by atoms with E-state index in [0.717, 1.165) is 11.1 Å². The van der Waals surface area contributed by atoms with E-state index in [1.807, 2.05) is 48.5 Å². The number of hydrogen-bond acceptors (Lipinski definition) is 5. The first-order valence-corrected chi connectivity index (χ1v) is 9.97. The van der Waals surface area contributed by atoms with Crippen LogP contribution < -0.4 is 9.47 Å². The van der Waals surface area contributed by atoms with Gasteiger partial charge in [-0.3, -0.25) is 9.59 Å². The number of rotatable bonds is 6. The zero-order valence-corrected chi connectivity index (χ0v) is 16.7. The lowest BCUT2D eigenvalue weighted by atomic mass is 9.98. The first-order chi connectivity index (χ1) is 14.1. The highest BCUT2D eigenvalue weighted by molar-refractivity contribution is 5.81. The lowest BCUT2D eigenvalue weighted by molar-refractivity contribution is -0.149. The molecule has 6 nitrogen and oxygen atoms in total. The van der Waals surface area contributed by atoms with Gasteiger partial charge in [0.25, 0.3) is 0 Å². The number of nitrogens with zero attached hydrogens (tertiary/aromatic N) is 1. The van der Waals surface area contributed by atoms with Gasteiger partial charge in [0.15, 0.2) is 0 Å². The molecule has 0 unspecified atom stereocenters. The van der Waals surface area contributed by atoms with E-state index in [9.17, 15) is 9.59 Å². The first kappa shape index (κ1) is 19.3. The van der Waals surface area contributed by atoms with E-state index >= 15 is 0 Å². The molecule has 6 heteroatoms. The van der Waals surface area contributed by atoms with E-state index in [0.29, 0.717) is 37.5 Å². The molecule has 1 saturated heterocycles. The Bertz CT molecular complexity index is 897. The van der Waals surface area contributed by atoms with Gasteiger partial charge in [-0.25, -0.2) is 0 Å². The van der Waals surface area contributed by atoms with Gasteiger partial charge >= 0.3 is 5.97 Å². The third-order valence-electron chi connectivity index (χ3n) is 5.62. The minimum absolute atomic E-state index is 0.0166. The minimum atomic E-state index is -0.501. The Kier molecular flexibility index (Phi) is 5.43. The molecule has 2 aromatic carbocycles. The third kappa shape index (κ3) is 3.67. The quantitative estimate of drug-likeness (QED) is 0.703. The van der Waals surface area contributed by atoms with Crippen LogP contribution in [0.5, 0.6) is 11.5 Å². The molecular formula is C23H25NO5. The van der Waals surface area contributed by atoms with Crippen molar-refractivity contribution in [3.05, 3.63) is 59.7 Å². The Labute approximate surface area is 170 Å². The summed E-state index contributed by atoms with van der Waals surface area (Å²) in [5.41, 5.74) is 2.03. The molecule has 0 bridgehead atoms. The lowest BCUT2D eigenvalue weighted by Gasteiger charge is -2.23. The summed E-state index contributed by atoms with van der Waals surface area (Å²) >= 11 is 0. The number of aryl methyl sites for hydroxylation is 1. The van der Waals surface area contributed by atoms with Gasteiger partial charge in [0.1, 0.15) is 23.5 Å². The second-order valence-electron chi connectivity index (χ2n) is 7.32. The van der Waals surface area contributed by atoms with Crippen LogP contribution in [0, 0.1) is 5.92 Å². The average molecular weight is 395 g/mol. The smallest absolute Gasteiger partial charge is 0.314 e. The summed E-state index contributed by atoms with van der Waals surface area (Å²) in [7, 11) is 1.60. The van der Waals surface area contributed by atoms with E-state index in [4.69, 9.17) is 14.2 Å². The van der Waals surface area contributed by atoms with Crippen LogP contribution >= 0.6 is 0 Å². The van der Waals surface area contributed by atoms with E-state index in [1.165, 1.54) is 0 Å². The summed E-state index contributed by atoms with van der Waals surface area (Å²) in [4.78, 5) is 27.4. The zero-order chi connectivity index (χ0) is 20.4. The zero-order valence-electron chi connectivity index (χ0n) is 16.7. The number of esters is 1. The lowest BCUT2D eigenvalue weighted by Crippen LogP contribution is -2.32. The summed E-state index contributed by atoms with van der Waals surface area (Å²) in [6.45, 7) is 2.39. The van der Waals surface area contributed by atoms with Crippen molar-refractivity contribution in [3.8, 4) is 11.5 Å². The van der Waals surface area contributed by atoms with Crippen LogP contribution in [0.15, 0.2) is 48.5 Å². The number of benzene rings is 2. The number of hydrogen-bond donors (Lipinski definition) is 0. The molecule has 4 rings (SSSR count). The van der Waals surface area contributed by atoms with Gasteiger partial charge in [-0.05, 0) is 31.0 Å². The Morgan fingerprint density at radius 1 is 1.17 bits per heavy atom. The maximum atomic E-state index is 13.1. The number of methoxy groups -OCH3 is 1. The minimum Gasteiger partial charge on any atom is -0.497 e. The van der Waals surface area contributed by atoms with Crippen molar-refractivity contribution in [2.24, 2.45) is 5.92 Å². The molecule has 2 aromatic rings. The van der Waals surface area contributed by atoms with Gasteiger partial charge in [0.05, 0.1) is 19.8 Å². The van der Waals surface area contributed by atoms with Crippen LogP contribution in [0.1, 0.15) is 30.5 Å². The number of ether oxygens (including phenoxy) is 3. The summed E-state index contributed by atoms with van der Waals surface area (Å²) in [5, 5.41) is 0. The number of likely N-dealkylation sites (tertiary alicyclic amines) is 1. The van der Waals surface area contributed by atoms with Crippen LogP contribution in [0.25, 0.3) is 0 Å². The Hall–Kier alpha value is -3.02. The largest absolute Gasteiger partial charge is 0.497 e. The second-order valence-corrected chi connectivity index (χ2v) is 7.32. The van der Waals surface area contributed by atoms with E-state index < -0.39 is 12.0 Å². The van der Waals surface area contributed by atoms with Gasteiger partial charge in [-0.1, -0.05) is 30.3 Å².